The van der Waals surface area contributed by atoms with Crippen molar-refractivity contribution in [3.8, 4) is 17.2 Å². The molecule has 1 N–H and O–H groups in total. The Morgan fingerprint density at radius 1 is 0.700 bits per heavy atom. The number of benzene rings is 3. The van der Waals surface area contributed by atoms with Crippen molar-refractivity contribution in [2.24, 2.45) is 5.92 Å². The molecule has 1 atom stereocenters. The van der Waals surface area contributed by atoms with Crippen LogP contribution in [0.3, 0.4) is 0 Å². The number of hydrogen-bond donors (Lipinski definition) is 1. The number of carbonyl (C=O) groups excluding carboxylic acids is 2. The van der Waals surface area contributed by atoms with Crippen LogP contribution >= 0.6 is 0 Å². The smallest absolute Gasteiger partial charge is 0.326 e. The summed E-state index contributed by atoms with van der Waals surface area (Å²) < 4.78 is 17.3. The minimum Gasteiger partial charge on any atom is -0.507 e. The minimum absolute atomic E-state index is 0.192. The third kappa shape index (κ3) is 6.45. The lowest BCUT2D eigenvalue weighted by atomic mass is 9.74. The fourth-order valence-corrected chi connectivity index (χ4v) is 4.67. The number of hydrogen-bond acceptors (Lipinski definition) is 6. The van der Waals surface area contributed by atoms with E-state index in [9.17, 15) is 14.7 Å². The third-order valence-electron chi connectivity index (χ3n) is 6.72. The molecule has 4 aromatic rings. The summed E-state index contributed by atoms with van der Waals surface area (Å²) in [7, 11) is 0. The second-order valence-corrected chi connectivity index (χ2v) is 11.9. The van der Waals surface area contributed by atoms with Crippen molar-refractivity contribution in [2.45, 2.75) is 58.3 Å². The van der Waals surface area contributed by atoms with E-state index >= 15 is 0 Å². The van der Waals surface area contributed by atoms with Gasteiger partial charge in [0.05, 0.1) is 12.2 Å². The van der Waals surface area contributed by atoms with E-state index < -0.39 is 34.6 Å². The lowest BCUT2D eigenvalue weighted by Gasteiger charge is -2.31. The summed E-state index contributed by atoms with van der Waals surface area (Å²) in [5.74, 6) is -2.68. The van der Waals surface area contributed by atoms with Crippen molar-refractivity contribution in [1.82, 2.24) is 0 Å². The van der Waals surface area contributed by atoms with Gasteiger partial charge >= 0.3 is 11.9 Å². The average molecular weight is 541 g/mol. The first-order valence-electron chi connectivity index (χ1n) is 13.3. The van der Waals surface area contributed by atoms with Crippen LogP contribution in [0.4, 0.5) is 0 Å². The van der Waals surface area contributed by atoms with Crippen LogP contribution in [-0.4, -0.2) is 17.0 Å². The Morgan fingerprint density at radius 3 is 1.52 bits per heavy atom. The lowest BCUT2D eigenvalue weighted by Crippen LogP contribution is -2.37. The number of carbonyl (C=O) groups is 2. The maximum absolute atomic E-state index is 13.9. The van der Waals surface area contributed by atoms with Gasteiger partial charge in [-0.25, -0.2) is 0 Å². The fourth-order valence-electron chi connectivity index (χ4n) is 4.67. The van der Waals surface area contributed by atoms with Gasteiger partial charge in [0.15, 0.2) is 5.92 Å². The molecule has 40 heavy (non-hydrogen) atoms. The van der Waals surface area contributed by atoms with Crippen LogP contribution in [0.25, 0.3) is 0 Å². The number of rotatable bonds is 7. The largest absolute Gasteiger partial charge is 0.507 e. The highest BCUT2D eigenvalue weighted by molar-refractivity contribution is 5.98. The van der Waals surface area contributed by atoms with Crippen LogP contribution in [0.5, 0.6) is 17.2 Å². The van der Waals surface area contributed by atoms with Crippen LogP contribution in [-0.2, 0) is 20.4 Å². The molecule has 0 fully saturated rings. The van der Waals surface area contributed by atoms with Crippen molar-refractivity contribution in [3.05, 3.63) is 114 Å². The fraction of sp³-hybridized carbons (Fsp3) is 0.294. The molecule has 0 bridgehead atoms. The normalized spacial score (nSPS) is 12.7. The van der Waals surface area contributed by atoms with E-state index in [4.69, 9.17) is 13.9 Å². The summed E-state index contributed by atoms with van der Waals surface area (Å²) in [4.78, 5) is 27.7. The van der Waals surface area contributed by atoms with Crippen LogP contribution in [0.1, 0.15) is 69.9 Å². The van der Waals surface area contributed by atoms with E-state index in [2.05, 4.69) is 0 Å². The molecule has 0 spiro atoms. The van der Waals surface area contributed by atoms with Gasteiger partial charge in [0.2, 0.25) is 0 Å². The van der Waals surface area contributed by atoms with Crippen LogP contribution in [0, 0.1) is 5.92 Å². The average Bonchev–Trinajstić information content (AvgIpc) is 3.41. The van der Waals surface area contributed by atoms with E-state index in [-0.39, 0.29) is 5.75 Å². The zero-order valence-corrected chi connectivity index (χ0v) is 23.8. The molecular formula is C34H36O6. The topological polar surface area (TPSA) is 86.0 Å². The Morgan fingerprint density at radius 2 is 1.15 bits per heavy atom. The molecular weight excluding hydrogens is 504 g/mol. The van der Waals surface area contributed by atoms with Gasteiger partial charge in [-0.1, -0.05) is 90.1 Å². The molecule has 6 heteroatoms. The van der Waals surface area contributed by atoms with Crippen LogP contribution in [0.2, 0.25) is 0 Å². The Hall–Kier alpha value is -4.32. The molecule has 0 saturated heterocycles. The van der Waals surface area contributed by atoms with Gasteiger partial charge in [-0.05, 0) is 63.9 Å². The Balaban J connectivity index is 1.93. The molecule has 1 aromatic heterocycles. The van der Waals surface area contributed by atoms with Gasteiger partial charge in [-0.15, -0.1) is 0 Å². The molecule has 0 amide bonds. The standard InChI is InChI=1S/C34H36O6/c1-33(2,3)25-20-22(21-26(30(25)35)34(4,5)6)28(27-18-13-19-38-27)29(31(36)39-23-14-9-7-10-15-23)32(37)40-24-16-11-8-12-17-24/h7-21,28-29,35H,1-6H3/t28-/m1/s1. The van der Waals surface area contributed by atoms with Crippen molar-refractivity contribution in [2.75, 3.05) is 0 Å². The molecule has 0 radical (unpaired) electrons. The quantitative estimate of drug-likeness (QED) is 0.148. The minimum atomic E-state index is -1.42. The molecule has 1 heterocycles. The first kappa shape index (κ1) is 28.7. The van der Waals surface area contributed by atoms with Crippen molar-refractivity contribution >= 4 is 11.9 Å². The third-order valence-corrected chi connectivity index (χ3v) is 6.72. The van der Waals surface area contributed by atoms with Crippen molar-refractivity contribution in [3.63, 3.8) is 0 Å². The summed E-state index contributed by atoms with van der Waals surface area (Å²) in [5, 5.41) is 11.3. The van der Waals surface area contributed by atoms with Crippen molar-refractivity contribution in [1.29, 1.82) is 0 Å². The van der Waals surface area contributed by atoms with Gasteiger partial charge < -0.3 is 19.0 Å². The second kappa shape index (κ2) is 11.4. The molecule has 208 valence electrons. The number of phenols is 1. The zero-order chi connectivity index (χ0) is 29.1. The summed E-state index contributed by atoms with van der Waals surface area (Å²) in [6.45, 7) is 12.0. The lowest BCUT2D eigenvalue weighted by molar-refractivity contribution is -0.152. The van der Waals surface area contributed by atoms with E-state index in [1.807, 2.05) is 65.8 Å². The number of furan rings is 1. The maximum Gasteiger partial charge on any atom is 0.326 e. The highest BCUT2D eigenvalue weighted by Gasteiger charge is 2.43. The summed E-state index contributed by atoms with van der Waals surface area (Å²) in [6, 6.07) is 24.3. The Bertz CT molecular complexity index is 1350. The van der Waals surface area contributed by atoms with Crippen LogP contribution in [0.15, 0.2) is 95.6 Å². The van der Waals surface area contributed by atoms with Gasteiger partial charge in [0.1, 0.15) is 23.0 Å². The number of para-hydroxylation sites is 2. The predicted molar refractivity (Wildman–Crippen MR) is 154 cm³/mol. The zero-order valence-electron chi connectivity index (χ0n) is 23.8. The van der Waals surface area contributed by atoms with E-state index in [0.717, 1.165) is 0 Å². The second-order valence-electron chi connectivity index (χ2n) is 11.9. The highest BCUT2D eigenvalue weighted by Crippen LogP contribution is 2.44. The number of ether oxygens (including phenoxy) is 2. The molecule has 0 aliphatic heterocycles. The molecule has 0 saturated carbocycles. The van der Waals surface area contributed by atoms with Gasteiger partial charge in [-0.2, -0.15) is 0 Å². The summed E-state index contributed by atoms with van der Waals surface area (Å²) in [5.41, 5.74) is 1.15. The number of aromatic hydroxyl groups is 1. The molecule has 6 nitrogen and oxygen atoms in total. The van der Waals surface area contributed by atoms with E-state index in [1.54, 1.807) is 60.7 Å². The summed E-state index contributed by atoms with van der Waals surface area (Å²) in [6.07, 6.45) is 1.50. The van der Waals surface area contributed by atoms with Crippen molar-refractivity contribution < 1.29 is 28.6 Å². The predicted octanol–water partition coefficient (Wildman–Crippen LogP) is 7.54. The SMILES string of the molecule is CC(C)(C)c1cc([C@H](c2ccco2)C(C(=O)Oc2ccccc2)C(=O)Oc2ccccc2)cc(C(C)(C)C)c1O. The first-order valence-corrected chi connectivity index (χ1v) is 13.3. The van der Waals surface area contributed by atoms with Gasteiger partial charge in [0.25, 0.3) is 0 Å². The monoisotopic (exact) mass is 540 g/mol. The van der Waals surface area contributed by atoms with Gasteiger partial charge in [0, 0.05) is 0 Å². The highest BCUT2D eigenvalue weighted by atomic mass is 16.6. The first-order chi connectivity index (χ1) is 18.9. The van der Waals surface area contributed by atoms with E-state index in [0.29, 0.717) is 33.9 Å². The molecule has 0 aliphatic carbocycles. The molecule has 3 aromatic carbocycles. The number of phenolic OH excluding ortho intramolecular Hbond substituents is 1. The van der Waals surface area contributed by atoms with Crippen LogP contribution < -0.4 is 9.47 Å². The van der Waals surface area contributed by atoms with E-state index in [1.165, 1.54) is 6.26 Å². The summed E-state index contributed by atoms with van der Waals surface area (Å²) >= 11 is 0. The Labute approximate surface area is 235 Å². The molecule has 0 unspecified atom stereocenters. The Kier molecular flexibility index (Phi) is 8.19. The van der Waals surface area contributed by atoms with Gasteiger partial charge in [-0.3, -0.25) is 9.59 Å². The molecule has 0 aliphatic rings. The maximum atomic E-state index is 13.9. The number of esters is 2. The molecule has 4 rings (SSSR count).